The number of carbonyl (C=O) groups is 1. The number of aromatic amines is 1. The summed E-state index contributed by atoms with van der Waals surface area (Å²) in [5, 5.41) is 9.20. The smallest absolute Gasteiger partial charge is 0.335 e. The summed E-state index contributed by atoms with van der Waals surface area (Å²) in [6, 6.07) is 10.9. The van der Waals surface area contributed by atoms with E-state index in [4.69, 9.17) is 9.47 Å². The summed E-state index contributed by atoms with van der Waals surface area (Å²) in [4.78, 5) is 29.0. The molecule has 33 heavy (non-hydrogen) atoms. The van der Waals surface area contributed by atoms with Gasteiger partial charge in [-0.3, -0.25) is 9.47 Å². The topological polar surface area (TPSA) is 96.8 Å². The minimum Gasteiger partial charge on any atom is -0.490 e. The van der Waals surface area contributed by atoms with E-state index in [9.17, 15) is 14.7 Å². The number of rotatable bonds is 9. The molecule has 0 aliphatic carbocycles. The van der Waals surface area contributed by atoms with Gasteiger partial charge in [-0.2, -0.15) is 0 Å². The quantitative estimate of drug-likeness (QED) is 0.480. The van der Waals surface area contributed by atoms with E-state index >= 15 is 0 Å². The highest BCUT2D eigenvalue weighted by Crippen LogP contribution is 2.30. The van der Waals surface area contributed by atoms with E-state index in [2.05, 4.69) is 22.5 Å². The van der Waals surface area contributed by atoms with Crippen molar-refractivity contribution in [2.75, 3.05) is 26.3 Å². The van der Waals surface area contributed by atoms with E-state index in [1.54, 1.807) is 22.8 Å². The van der Waals surface area contributed by atoms with E-state index in [0.29, 0.717) is 24.5 Å². The summed E-state index contributed by atoms with van der Waals surface area (Å²) in [5.41, 5.74) is 2.43. The number of carboxylic acids is 1. The van der Waals surface area contributed by atoms with Crippen LogP contribution in [0.4, 0.5) is 0 Å². The first kappa shape index (κ1) is 22.7. The van der Waals surface area contributed by atoms with Crippen molar-refractivity contribution >= 4 is 17.0 Å². The molecule has 8 heteroatoms. The standard InChI is InChI=1S/C25H29N3O5/c1-3-13-33-22-8-5-17(14-23(22)32-4-2)16-27-11-9-19(10-12-27)28-21-7-6-18(24(29)30)15-20(21)26-25(28)31/h3,5-8,14-15,19H,1,4,9-13,16H2,2H3,(H,26,31)(H,29,30). The van der Waals surface area contributed by atoms with Gasteiger partial charge in [0.2, 0.25) is 0 Å². The number of fused-ring (bicyclic) bond motifs is 1. The highest BCUT2D eigenvalue weighted by atomic mass is 16.5. The molecule has 3 aromatic rings. The first-order valence-corrected chi connectivity index (χ1v) is 11.2. The van der Waals surface area contributed by atoms with Crippen molar-refractivity contribution in [3.05, 3.63) is 70.7 Å². The van der Waals surface area contributed by atoms with Gasteiger partial charge in [0.1, 0.15) is 6.61 Å². The summed E-state index contributed by atoms with van der Waals surface area (Å²) < 4.78 is 13.2. The van der Waals surface area contributed by atoms with E-state index in [-0.39, 0.29) is 17.3 Å². The number of nitrogens with one attached hydrogen (secondary N) is 1. The summed E-state index contributed by atoms with van der Waals surface area (Å²) in [5.74, 6) is 0.438. The molecule has 4 rings (SSSR count). The van der Waals surface area contributed by atoms with Crippen molar-refractivity contribution in [2.45, 2.75) is 32.4 Å². The third-order valence-electron chi connectivity index (χ3n) is 5.96. The normalized spacial score (nSPS) is 14.9. The SMILES string of the molecule is C=CCOc1ccc(CN2CCC(n3c(=O)[nH]c4cc(C(=O)O)ccc43)CC2)cc1OCC. The number of hydrogen-bond donors (Lipinski definition) is 2. The number of aromatic nitrogens is 2. The number of imidazole rings is 1. The van der Waals surface area contributed by atoms with Gasteiger partial charge in [0.05, 0.1) is 23.2 Å². The number of benzene rings is 2. The van der Waals surface area contributed by atoms with Crippen LogP contribution in [0.1, 0.15) is 41.7 Å². The molecule has 8 nitrogen and oxygen atoms in total. The summed E-state index contributed by atoms with van der Waals surface area (Å²) in [7, 11) is 0. The Bertz CT molecular complexity index is 1200. The monoisotopic (exact) mass is 451 g/mol. The van der Waals surface area contributed by atoms with Crippen LogP contribution in [-0.2, 0) is 6.54 Å². The molecule has 2 heterocycles. The van der Waals surface area contributed by atoms with E-state index in [1.165, 1.54) is 6.07 Å². The second-order valence-corrected chi connectivity index (χ2v) is 8.16. The van der Waals surface area contributed by atoms with Crippen LogP contribution in [0, 0.1) is 0 Å². The molecule has 0 unspecified atom stereocenters. The Morgan fingerprint density at radius 2 is 1.97 bits per heavy atom. The van der Waals surface area contributed by atoms with Gasteiger partial charge in [0.15, 0.2) is 11.5 Å². The van der Waals surface area contributed by atoms with Crippen molar-refractivity contribution in [1.82, 2.24) is 14.5 Å². The highest BCUT2D eigenvalue weighted by molar-refractivity contribution is 5.92. The number of ether oxygens (including phenoxy) is 2. The summed E-state index contributed by atoms with van der Waals surface area (Å²) in [6.07, 6.45) is 3.39. The first-order valence-electron chi connectivity index (χ1n) is 11.2. The zero-order valence-electron chi connectivity index (χ0n) is 18.8. The minimum absolute atomic E-state index is 0.0758. The highest BCUT2D eigenvalue weighted by Gasteiger charge is 2.24. The van der Waals surface area contributed by atoms with Gasteiger partial charge < -0.3 is 19.6 Å². The van der Waals surface area contributed by atoms with Crippen molar-refractivity contribution < 1.29 is 19.4 Å². The van der Waals surface area contributed by atoms with Crippen LogP contribution in [0.2, 0.25) is 0 Å². The molecule has 1 saturated heterocycles. The Kier molecular flexibility index (Phi) is 6.84. The van der Waals surface area contributed by atoms with Crippen molar-refractivity contribution in [2.24, 2.45) is 0 Å². The maximum atomic E-state index is 12.6. The molecule has 0 amide bonds. The third-order valence-corrected chi connectivity index (χ3v) is 5.96. The number of aromatic carboxylic acids is 1. The lowest BCUT2D eigenvalue weighted by Gasteiger charge is -2.32. The van der Waals surface area contributed by atoms with Gasteiger partial charge in [-0.1, -0.05) is 18.7 Å². The molecule has 2 aromatic carbocycles. The Labute approximate surface area is 192 Å². The fourth-order valence-corrected chi connectivity index (χ4v) is 4.41. The maximum Gasteiger partial charge on any atom is 0.335 e. The molecular formula is C25H29N3O5. The van der Waals surface area contributed by atoms with Gasteiger partial charge in [0.25, 0.3) is 0 Å². The molecule has 174 valence electrons. The largest absolute Gasteiger partial charge is 0.490 e. The van der Waals surface area contributed by atoms with Gasteiger partial charge >= 0.3 is 11.7 Å². The Morgan fingerprint density at radius 1 is 1.18 bits per heavy atom. The van der Waals surface area contributed by atoms with Crippen LogP contribution in [-0.4, -0.2) is 51.8 Å². The molecule has 1 aliphatic heterocycles. The van der Waals surface area contributed by atoms with Crippen LogP contribution < -0.4 is 15.2 Å². The number of likely N-dealkylation sites (tertiary alicyclic amines) is 1. The Morgan fingerprint density at radius 3 is 2.67 bits per heavy atom. The van der Waals surface area contributed by atoms with Crippen molar-refractivity contribution in [3.63, 3.8) is 0 Å². The Hall–Kier alpha value is -3.52. The van der Waals surface area contributed by atoms with Gasteiger partial charge in [-0.05, 0) is 55.7 Å². The molecule has 1 aliphatic rings. The number of H-pyrrole nitrogens is 1. The molecule has 0 saturated carbocycles. The lowest BCUT2D eigenvalue weighted by atomic mass is 10.0. The zero-order valence-corrected chi connectivity index (χ0v) is 18.8. The van der Waals surface area contributed by atoms with Gasteiger partial charge in [-0.25, -0.2) is 9.59 Å². The number of nitrogens with zero attached hydrogens (tertiary/aromatic N) is 2. The van der Waals surface area contributed by atoms with Gasteiger partial charge in [-0.15, -0.1) is 0 Å². The van der Waals surface area contributed by atoms with E-state index < -0.39 is 5.97 Å². The molecule has 1 fully saturated rings. The second-order valence-electron chi connectivity index (χ2n) is 8.16. The number of piperidine rings is 1. The van der Waals surface area contributed by atoms with Crippen LogP contribution in [0.3, 0.4) is 0 Å². The third kappa shape index (κ3) is 4.96. The molecule has 1 aromatic heterocycles. The average Bonchev–Trinajstić information content (AvgIpc) is 3.14. The molecule has 2 N–H and O–H groups in total. The van der Waals surface area contributed by atoms with Crippen LogP contribution in [0.25, 0.3) is 11.0 Å². The predicted molar refractivity (Wildman–Crippen MR) is 126 cm³/mol. The number of hydrogen-bond acceptors (Lipinski definition) is 5. The first-order chi connectivity index (χ1) is 16.0. The maximum absolute atomic E-state index is 12.6. The van der Waals surface area contributed by atoms with Crippen LogP contribution >= 0.6 is 0 Å². The summed E-state index contributed by atoms with van der Waals surface area (Å²) >= 11 is 0. The molecular weight excluding hydrogens is 422 g/mol. The second kappa shape index (κ2) is 9.95. The van der Waals surface area contributed by atoms with E-state index in [0.717, 1.165) is 49.3 Å². The molecule has 0 atom stereocenters. The Balaban J connectivity index is 1.44. The zero-order chi connectivity index (χ0) is 23.4. The fourth-order valence-electron chi connectivity index (χ4n) is 4.41. The minimum atomic E-state index is -1.01. The summed E-state index contributed by atoms with van der Waals surface area (Å²) in [6.45, 7) is 9.13. The fraction of sp³-hybridized carbons (Fsp3) is 0.360. The molecule has 0 bridgehead atoms. The molecule has 0 spiro atoms. The number of carboxylic acid groups (broad SMARTS) is 1. The lowest BCUT2D eigenvalue weighted by molar-refractivity contribution is 0.0697. The van der Waals surface area contributed by atoms with Crippen molar-refractivity contribution in [1.29, 1.82) is 0 Å². The van der Waals surface area contributed by atoms with Crippen LogP contribution in [0.5, 0.6) is 11.5 Å². The van der Waals surface area contributed by atoms with E-state index in [1.807, 2.05) is 19.1 Å². The predicted octanol–water partition coefficient (Wildman–Crippen LogP) is 3.83. The molecule has 0 radical (unpaired) electrons. The van der Waals surface area contributed by atoms with Crippen LogP contribution in [0.15, 0.2) is 53.8 Å². The van der Waals surface area contributed by atoms with Crippen molar-refractivity contribution in [3.8, 4) is 11.5 Å². The lowest BCUT2D eigenvalue weighted by Crippen LogP contribution is -2.36. The van der Waals surface area contributed by atoms with Gasteiger partial charge in [0, 0.05) is 25.7 Å². The average molecular weight is 452 g/mol.